The van der Waals surface area contributed by atoms with Crippen LogP contribution in [0.25, 0.3) is 22.0 Å². The zero-order chi connectivity index (χ0) is 24.6. The van der Waals surface area contributed by atoms with Crippen LogP contribution in [-0.4, -0.2) is 17.2 Å². The molecule has 0 bridgehead atoms. The highest BCUT2D eigenvalue weighted by molar-refractivity contribution is 6.05. The van der Waals surface area contributed by atoms with Crippen LogP contribution in [0, 0.1) is 0 Å². The van der Waals surface area contributed by atoms with Gasteiger partial charge in [-0.2, -0.15) is 0 Å². The smallest absolute Gasteiger partial charge is 0.330 e. The number of nitrogens with zero attached hydrogens (tertiary/aromatic N) is 1. The topological polar surface area (TPSA) is 43.3 Å². The van der Waals surface area contributed by atoms with E-state index in [1.54, 1.807) is 4.57 Å². The first-order valence-electron chi connectivity index (χ1n) is 12.8. The molecule has 4 aromatic rings. The van der Waals surface area contributed by atoms with Gasteiger partial charge < -0.3 is 10.1 Å². The second-order valence-electron chi connectivity index (χ2n) is 9.39. The normalized spacial score (nSPS) is 11.2. The first kappa shape index (κ1) is 24.6. The minimum Gasteiger partial charge on any atom is -0.494 e. The van der Waals surface area contributed by atoms with Gasteiger partial charge in [0.2, 0.25) is 0 Å². The van der Waals surface area contributed by atoms with Crippen LogP contribution in [0.2, 0.25) is 0 Å². The molecular weight excluding hydrogens is 432 g/mol. The van der Waals surface area contributed by atoms with Crippen molar-refractivity contribution < 1.29 is 9.53 Å². The number of anilines is 1. The summed E-state index contributed by atoms with van der Waals surface area (Å²) in [6.07, 6.45) is 8.04. The number of fused-ring (bicyclic) bond motifs is 1. The van der Waals surface area contributed by atoms with Crippen LogP contribution < -0.4 is 10.1 Å². The van der Waals surface area contributed by atoms with E-state index in [-0.39, 0.29) is 6.03 Å². The van der Waals surface area contributed by atoms with Gasteiger partial charge in [0.15, 0.2) is 0 Å². The van der Waals surface area contributed by atoms with Crippen molar-refractivity contribution in [1.82, 2.24) is 4.57 Å². The summed E-state index contributed by atoms with van der Waals surface area (Å²) in [5, 5.41) is 4.11. The fourth-order valence-electron chi connectivity index (χ4n) is 4.52. The molecule has 1 N–H and O–H groups in total. The molecule has 0 unspecified atom stereocenters. The van der Waals surface area contributed by atoms with Crippen LogP contribution in [0.4, 0.5) is 10.5 Å². The van der Waals surface area contributed by atoms with E-state index in [2.05, 4.69) is 56.4 Å². The first-order valence-corrected chi connectivity index (χ1v) is 12.8. The Bertz CT molecular complexity index is 1250. The second kappa shape index (κ2) is 11.7. The number of rotatable bonds is 10. The molecule has 0 saturated heterocycles. The van der Waals surface area contributed by atoms with E-state index in [4.69, 9.17) is 4.74 Å². The number of benzene rings is 3. The number of nitrogens with one attached hydrogen (secondary N) is 1. The lowest BCUT2D eigenvalue weighted by atomic mass is 9.92. The van der Waals surface area contributed by atoms with Crippen molar-refractivity contribution >= 4 is 22.6 Å². The van der Waals surface area contributed by atoms with E-state index in [1.807, 2.05) is 48.7 Å². The van der Waals surface area contributed by atoms with E-state index in [0.717, 1.165) is 40.9 Å². The van der Waals surface area contributed by atoms with Crippen LogP contribution in [0.3, 0.4) is 0 Å². The Labute approximate surface area is 208 Å². The highest BCUT2D eigenvalue weighted by atomic mass is 16.5. The zero-order valence-electron chi connectivity index (χ0n) is 21.1. The van der Waals surface area contributed by atoms with Gasteiger partial charge in [0.25, 0.3) is 0 Å². The Hall–Kier alpha value is -3.53. The third-order valence-corrected chi connectivity index (χ3v) is 6.43. The Morgan fingerprint density at radius 3 is 2.34 bits per heavy atom. The predicted molar refractivity (Wildman–Crippen MR) is 147 cm³/mol. The van der Waals surface area contributed by atoms with E-state index in [9.17, 15) is 4.79 Å². The van der Waals surface area contributed by atoms with Crippen molar-refractivity contribution in [2.45, 2.75) is 58.8 Å². The highest BCUT2D eigenvalue weighted by Crippen LogP contribution is 2.35. The molecule has 0 aliphatic carbocycles. The summed E-state index contributed by atoms with van der Waals surface area (Å²) in [5.41, 5.74) is 5.15. The summed E-state index contributed by atoms with van der Waals surface area (Å²) < 4.78 is 7.56. The van der Waals surface area contributed by atoms with Crippen molar-refractivity contribution in [2.24, 2.45) is 0 Å². The van der Waals surface area contributed by atoms with Crippen LogP contribution in [-0.2, 0) is 0 Å². The Morgan fingerprint density at radius 1 is 0.857 bits per heavy atom. The third kappa shape index (κ3) is 5.94. The van der Waals surface area contributed by atoms with Crippen molar-refractivity contribution in [3.63, 3.8) is 0 Å². The van der Waals surface area contributed by atoms with E-state index in [0.29, 0.717) is 5.92 Å². The molecule has 4 nitrogen and oxygen atoms in total. The standard InChI is InChI=1S/C31H36N2O2/c1-4-5-6-7-12-21-35-25-19-17-24(18-20-25)32-31(34)33-22-29(28-15-10-11-16-30(28)33)27-14-9-8-13-26(27)23(2)3/h8-11,13-20,22-23H,4-7,12,21H2,1-3H3,(H,32,34). The lowest BCUT2D eigenvalue weighted by Gasteiger charge is -2.12. The van der Waals surface area contributed by atoms with Crippen LogP contribution >= 0.6 is 0 Å². The molecule has 4 rings (SSSR count). The molecule has 0 atom stereocenters. The molecule has 0 spiro atoms. The number of amides is 1. The molecule has 3 aromatic carbocycles. The number of hydrogen-bond acceptors (Lipinski definition) is 2. The molecule has 0 saturated carbocycles. The Morgan fingerprint density at radius 2 is 1.57 bits per heavy atom. The lowest BCUT2D eigenvalue weighted by Crippen LogP contribution is -2.18. The molecule has 1 amide bonds. The molecule has 35 heavy (non-hydrogen) atoms. The van der Waals surface area contributed by atoms with Crippen molar-refractivity contribution in [3.05, 3.63) is 84.6 Å². The average molecular weight is 469 g/mol. The van der Waals surface area contributed by atoms with E-state index in [1.165, 1.54) is 36.8 Å². The van der Waals surface area contributed by atoms with Gasteiger partial charge >= 0.3 is 6.03 Å². The average Bonchev–Trinajstić information content (AvgIpc) is 3.27. The van der Waals surface area contributed by atoms with Crippen molar-refractivity contribution in [3.8, 4) is 16.9 Å². The summed E-state index contributed by atoms with van der Waals surface area (Å²) in [6.45, 7) is 7.35. The number of aromatic nitrogens is 1. The minimum absolute atomic E-state index is 0.181. The predicted octanol–water partition coefficient (Wildman–Crippen LogP) is 8.86. The van der Waals surface area contributed by atoms with Gasteiger partial charge in [0.1, 0.15) is 5.75 Å². The number of carbonyl (C=O) groups excluding carboxylic acids is 1. The third-order valence-electron chi connectivity index (χ3n) is 6.43. The van der Waals surface area contributed by atoms with Crippen molar-refractivity contribution in [2.75, 3.05) is 11.9 Å². The largest absolute Gasteiger partial charge is 0.494 e. The van der Waals surface area contributed by atoms with Crippen molar-refractivity contribution in [1.29, 1.82) is 0 Å². The Kier molecular flexibility index (Phi) is 8.25. The van der Waals surface area contributed by atoms with Crippen LogP contribution in [0.15, 0.2) is 79.0 Å². The summed E-state index contributed by atoms with van der Waals surface area (Å²) in [7, 11) is 0. The zero-order valence-corrected chi connectivity index (χ0v) is 21.1. The molecule has 0 fully saturated rings. The van der Waals surface area contributed by atoms with E-state index < -0.39 is 0 Å². The van der Waals surface area contributed by atoms with Crippen LogP contribution in [0.5, 0.6) is 5.75 Å². The van der Waals surface area contributed by atoms with Gasteiger partial charge in [-0.1, -0.05) is 88.9 Å². The summed E-state index contributed by atoms with van der Waals surface area (Å²) in [4.78, 5) is 13.3. The molecule has 1 aromatic heterocycles. The number of carbonyl (C=O) groups is 1. The number of para-hydroxylation sites is 1. The summed E-state index contributed by atoms with van der Waals surface area (Å²) >= 11 is 0. The summed E-state index contributed by atoms with van der Waals surface area (Å²) in [5.74, 6) is 1.22. The molecule has 1 heterocycles. The van der Waals surface area contributed by atoms with Gasteiger partial charge in [-0.05, 0) is 53.8 Å². The fraction of sp³-hybridized carbons (Fsp3) is 0.323. The molecule has 0 aliphatic rings. The van der Waals surface area contributed by atoms with Gasteiger partial charge in [-0.15, -0.1) is 0 Å². The molecule has 0 radical (unpaired) electrons. The second-order valence-corrected chi connectivity index (χ2v) is 9.39. The van der Waals surface area contributed by atoms with Gasteiger partial charge in [0.05, 0.1) is 12.1 Å². The summed E-state index contributed by atoms with van der Waals surface area (Å²) in [6, 6.07) is 23.9. The molecule has 0 aliphatic heterocycles. The quantitative estimate of drug-likeness (QED) is 0.236. The maximum atomic E-state index is 13.3. The Balaban J connectivity index is 1.49. The maximum Gasteiger partial charge on any atom is 0.330 e. The molecule has 4 heteroatoms. The van der Waals surface area contributed by atoms with Gasteiger partial charge in [-0.25, -0.2) is 4.79 Å². The highest BCUT2D eigenvalue weighted by Gasteiger charge is 2.17. The van der Waals surface area contributed by atoms with E-state index >= 15 is 0 Å². The monoisotopic (exact) mass is 468 g/mol. The molecule has 182 valence electrons. The number of hydrogen-bond donors (Lipinski definition) is 1. The van der Waals surface area contributed by atoms with Gasteiger partial charge in [-0.3, -0.25) is 4.57 Å². The number of unbranched alkanes of at least 4 members (excludes halogenated alkanes) is 4. The minimum atomic E-state index is -0.181. The SMILES string of the molecule is CCCCCCCOc1ccc(NC(=O)n2cc(-c3ccccc3C(C)C)c3ccccc32)cc1. The maximum absolute atomic E-state index is 13.3. The lowest BCUT2D eigenvalue weighted by molar-refractivity contribution is 0.254. The van der Waals surface area contributed by atoms with Crippen LogP contribution in [0.1, 0.15) is 64.4 Å². The molecular formula is C31H36N2O2. The number of ether oxygens (including phenoxy) is 1. The van der Waals surface area contributed by atoms with Gasteiger partial charge in [0, 0.05) is 22.8 Å². The first-order chi connectivity index (χ1) is 17.1. The fourth-order valence-corrected chi connectivity index (χ4v) is 4.52.